The maximum atomic E-state index is 12.6. The summed E-state index contributed by atoms with van der Waals surface area (Å²) in [6.07, 6.45) is 1.42. The molecule has 0 bridgehead atoms. The molecule has 0 aliphatic rings. The van der Waals surface area contributed by atoms with Gasteiger partial charge in [0.05, 0.1) is 10.4 Å². The van der Waals surface area contributed by atoms with Gasteiger partial charge in [-0.1, -0.05) is 33.8 Å². The van der Waals surface area contributed by atoms with E-state index in [1.807, 2.05) is 13.8 Å². The topological polar surface area (TPSA) is 92.5 Å². The number of hydrogen-bond donors (Lipinski definition) is 2. The molecule has 0 radical (unpaired) electrons. The molecule has 0 aliphatic carbocycles. The predicted octanol–water partition coefficient (Wildman–Crippen LogP) is 2.39. The summed E-state index contributed by atoms with van der Waals surface area (Å²) in [5.41, 5.74) is 5.67. The van der Waals surface area contributed by atoms with Gasteiger partial charge in [-0.05, 0) is 31.0 Å². The van der Waals surface area contributed by atoms with Crippen LogP contribution in [0.1, 0.15) is 50.9 Å². The summed E-state index contributed by atoms with van der Waals surface area (Å²) < 4.78 is 26.6. The second kappa shape index (κ2) is 10.1. The first-order valence-corrected chi connectivity index (χ1v) is 9.87. The molecule has 0 aliphatic heterocycles. The van der Waals surface area contributed by atoms with Gasteiger partial charge >= 0.3 is 0 Å². The van der Waals surface area contributed by atoms with E-state index in [4.69, 9.17) is 5.73 Å². The third-order valence-corrected chi connectivity index (χ3v) is 6.61. The van der Waals surface area contributed by atoms with Gasteiger partial charge in [0, 0.05) is 25.2 Å². The second-order valence-corrected chi connectivity index (χ2v) is 7.70. The molecule has 1 aromatic rings. The highest BCUT2D eigenvalue weighted by Crippen LogP contribution is 2.19. The van der Waals surface area contributed by atoms with E-state index in [1.54, 1.807) is 26.0 Å². The summed E-state index contributed by atoms with van der Waals surface area (Å²) in [6, 6.07) is 6.15. The average Bonchev–Trinajstić information content (AvgIpc) is 2.60. The van der Waals surface area contributed by atoms with Crippen LogP contribution < -0.4 is 11.1 Å². The summed E-state index contributed by atoms with van der Waals surface area (Å²) in [6.45, 7) is 8.62. The molecule has 0 saturated carbocycles. The van der Waals surface area contributed by atoms with E-state index in [9.17, 15) is 13.2 Å². The first-order valence-electron chi connectivity index (χ1n) is 8.43. The van der Waals surface area contributed by atoms with Crippen molar-refractivity contribution in [3.05, 3.63) is 29.8 Å². The quantitative estimate of drug-likeness (QED) is 0.675. The molecule has 0 saturated heterocycles. The lowest BCUT2D eigenvalue weighted by Gasteiger charge is -2.31. The Morgan fingerprint density at radius 1 is 1.16 bits per heavy atom. The fourth-order valence-electron chi connectivity index (χ4n) is 2.59. The predicted molar refractivity (Wildman–Crippen MR) is 104 cm³/mol. The smallest absolute Gasteiger partial charge is 0.251 e. The first kappa shape index (κ1) is 23.9. The van der Waals surface area contributed by atoms with Gasteiger partial charge in [0.15, 0.2) is 0 Å². The maximum absolute atomic E-state index is 12.6. The summed E-state index contributed by atoms with van der Waals surface area (Å²) in [4.78, 5) is 12.7. The van der Waals surface area contributed by atoms with Crippen molar-refractivity contribution in [2.75, 3.05) is 19.6 Å². The highest BCUT2D eigenvalue weighted by Gasteiger charge is 2.28. The van der Waals surface area contributed by atoms with Crippen LogP contribution in [0.15, 0.2) is 29.2 Å². The van der Waals surface area contributed by atoms with Crippen LogP contribution in [0.4, 0.5) is 0 Å². The van der Waals surface area contributed by atoms with Crippen LogP contribution >= 0.6 is 12.4 Å². The zero-order valence-electron chi connectivity index (χ0n) is 15.4. The van der Waals surface area contributed by atoms with Gasteiger partial charge in [-0.2, -0.15) is 4.31 Å². The fraction of sp³-hybridized carbons (Fsp3) is 0.588. The normalized spacial score (nSPS) is 11.9. The van der Waals surface area contributed by atoms with Crippen molar-refractivity contribution in [3.8, 4) is 0 Å². The van der Waals surface area contributed by atoms with Crippen LogP contribution in [-0.2, 0) is 10.0 Å². The van der Waals surface area contributed by atoms with E-state index in [0.717, 1.165) is 0 Å². The SMILES string of the molecule is CCN(CC)S(=O)(=O)c1cccc(C(=O)NC(CC)(CC)CN)c1.Cl. The number of nitrogens with one attached hydrogen (secondary N) is 1. The number of nitrogens with zero attached hydrogens (tertiary/aromatic N) is 1. The van der Waals surface area contributed by atoms with Crippen molar-refractivity contribution in [3.63, 3.8) is 0 Å². The molecule has 1 rings (SSSR count). The minimum absolute atomic E-state index is 0. The molecular formula is C17H30ClN3O3S. The molecule has 0 aromatic heterocycles. The minimum atomic E-state index is -3.59. The van der Waals surface area contributed by atoms with Crippen molar-refractivity contribution in [2.24, 2.45) is 5.73 Å². The van der Waals surface area contributed by atoms with Crippen LogP contribution in [0.25, 0.3) is 0 Å². The van der Waals surface area contributed by atoms with Crippen molar-refractivity contribution in [1.82, 2.24) is 9.62 Å². The Labute approximate surface area is 157 Å². The number of carbonyl (C=O) groups is 1. The number of halogens is 1. The zero-order chi connectivity index (χ0) is 18.4. The molecule has 0 fully saturated rings. The molecule has 1 amide bonds. The van der Waals surface area contributed by atoms with Gasteiger partial charge in [-0.15, -0.1) is 12.4 Å². The Morgan fingerprint density at radius 3 is 2.16 bits per heavy atom. The second-order valence-electron chi connectivity index (χ2n) is 5.76. The monoisotopic (exact) mass is 391 g/mol. The van der Waals surface area contributed by atoms with E-state index in [-0.39, 0.29) is 23.2 Å². The molecule has 8 heteroatoms. The maximum Gasteiger partial charge on any atom is 0.251 e. The van der Waals surface area contributed by atoms with Crippen LogP contribution in [-0.4, -0.2) is 43.8 Å². The average molecular weight is 392 g/mol. The Balaban J connectivity index is 0.00000576. The van der Waals surface area contributed by atoms with E-state index in [0.29, 0.717) is 38.0 Å². The summed E-state index contributed by atoms with van der Waals surface area (Å²) in [7, 11) is -3.59. The van der Waals surface area contributed by atoms with Gasteiger partial charge < -0.3 is 11.1 Å². The molecule has 6 nitrogen and oxygen atoms in total. The van der Waals surface area contributed by atoms with E-state index in [2.05, 4.69) is 5.32 Å². The van der Waals surface area contributed by atoms with Gasteiger partial charge in [0.1, 0.15) is 0 Å². The Hall–Kier alpha value is -1.15. The standard InChI is InChI=1S/C17H29N3O3S.ClH/c1-5-17(6-2,13-18)19-16(21)14-10-9-11-15(12-14)24(22,23)20(7-3)8-4;/h9-12H,5-8,13,18H2,1-4H3,(H,19,21);1H. The molecule has 144 valence electrons. The summed E-state index contributed by atoms with van der Waals surface area (Å²) in [5.74, 6) is -0.305. The van der Waals surface area contributed by atoms with Crippen LogP contribution in [0.3, 0.4) is 0 Å². The summed E-state index contributed by atoms with van der Waals surface area (Å²) >= 11 is 0. The van der Waals surface area contributed by atoms with Crippen molar-refractivity contribution in [2.45, 2.75) is 51.0 Å². The van der Waals surface area contributed by atoms with Crippen molar-refractivity contribution >= 4 is 28.3 Å². The Morgan fingerprint density at radius 2 is 1.72 bits per heavy atom. The number of benzene rings is 1. The largest absolute Gasteiger partial charge is 0.345 e. The Bertz CT molecular complexity index is 649. The van der Waals surface area contributed by atoms with Crippen LogP contribution in [0, 0.1) is 0 Å². The molecular weight excluding hydrogens is 362 g/mol. The van der Waals surface area contributed by atoms with E-state index >= 15 is 0 Å². The molecule has 25 heavy (non-hydrogen) atoms. The molecule has 0 unspecified atom stereocenters. The first-order chi connectivity index (χ1) is 11.3. The molecule has 3 N–H and O–H groups in total. The number of hydrogen-bond acceptors (Lipinski definition) is 4. The van der Waals surface area contributed by atoms with Gasteiger partial charge in [0.25, 0.3) is 5.91 Å². The van der Waals surface area contributed by atoms with E-state index in [1.165, 1.54) is 16.4 Å². The lowest BCUT2D eigenvalue weighted by atomic mass is 9.92. The number of sulfonamides is 1. The van der Waals surface area contributed by atoms with Crippen molar-refractivity contribution in [1.29, 1.82) is 0 Å². The van der Waals surface area contributed by atoms with Crippen LogP contribution in [0.2, 0.25) is 0 Å². The molecule has 1 aromatic carbocycles. The third kappa shape index (κ3) is 5.41. The molecule has 0 heterocycles. The van der Waals surface area contributed by atoms with Gasteiger partial charge in [-0.25, -0.2) is 8.42 Å². The van der Waals surface area contributed by atoms with Gasteiger partial charge in [0.2, 0.25) is 10.0 Å². The lowest BCUT2D eigenvalue weighted by molar-refractivity contribution is 0.0895. The molecule has 0 spiro atoms. The van der Waals surface area contributed by atoms with Crippen LogP contribution in [0.5, 0.6) is 0 Å². The number of nitrogens with two attached hydrogens (primary N) is 1. The number of carbonyl (C=O) groups excluding carboxylic acids is 1. The fourth-order valence-corrected chi connectivity index (χ4v) is 4.09. The van der Waals surface area contributed by atoms with Crippen molar-refractivity contribution < 1.29 is 13.2 Å². The number of rotatable bonds is 9. The number of amides is 1. The zero-order valence-corrected chi connectivity index (χ0v) is 17.0. The summed E-state index contributed by atoms with van der Waals surface area (Å²) in [5, 5.41) is 2.96. The lowest BCUT2D eigenvalue weighted by Crippen LogP contribution is -2.52. The Kier molecular flexibility index (Phi) is 9.64. The van der Waals surface area contributed by atoms with E-state index < -0.39 is 15.6 Å². The molecule has 0 atom stereocenters. The third-order valence-electron chi connectivity index (χ3n) is 4.56. The highest BCUT2D eigenvalue weighted by molar-refractivity contribution is 7.89. The highest BCUT2D eigenvalue weighted by atomic mass is 35.5. The van der Waals surface area contributed by atoms with Gasteiger partial charge in [-0.3, -0.25) is 4.79 Å². The minimum Gasteiger partial charge on any atom is -0.345 e.